The van der Waals surface area contributed by atoms with Gasteiger partial charge in [0.05, 0.1) is 6.61 Å². The lowest BCUT2D eigenvalue weighted by Gasteiger charge is -2.14. The summed E-state index contributed by atoms with van der Waals surface area (Å²) in [6.07, 6.45) is 1.04. The van der Waals surface area contributed by atoms with Crippen LogP contribution < -0.4 is 15.9 Å². The monoisotopic (exact) mass is 234 g/mol. The molecule has 2 heterocycles. The number of benzene rings is 1. The van der Waals surface area contributed by atoms with Crippen molar-refractivity contribution in [2.45, 2.75) is 19.4 Å². The summed E-state index contributed by atoms with van der Waals surface area (Å²) < 4.78 is 17.3. The third-order valence-corrected chi connectivity index (χ3v) is 3.44. The van der Waals surface area contributed by atoms with E-state index in [9.17, 15) is 0 Å². The van der Waals surface area contributed by atoms with Gasteiger partial charge < -0.3 is 19.8 Å². The van der Waals surface area contributed by atoms with Crippen molar-refractivity contribution in [3.8, 4) is 5.75 Å². The molecule has 4 nitrogen and oxygen atoms in total. The van der Waals surface area contributed by atoms with E-state index in [-0.39, 0.29) is 13.2 Å². The highest BCUT2D eigenvalue weighted by Gasteiger charge is 2.42. The van der Waals surface area contributed by atoms with Crippen LogP contribution in [0.4, 0.5) is 0 Å². The Bertz CT molecular complexity index is 438. The lowest BCUT2D eigenvalue weighted by atomic mass is 9.76. The van der Waals surface area contributed by atoms with Gasteiger partial charge in [-0.3, -0.25) is 0 Å². The first-order valence-electron chi connectivity index (χ1n) is 6.20. The Balaban J connectivity index is 2.17. The van der Waals surface area contributed by atoms with Crippen LogP contribution in [-0.2, 0) is 15.7 Å². The highest BCUT2D eigenvalue weighted by Crippen LogP contribution is 2.32. The average molecular weight is 234 g/mol. The largest absolute Gasteiger partial charge is 0.498 e. The van der Waals surface area contributed by atoms with Gasteiger partial charge in [0.15, 0.2) is 0 Å². The molecule has 0 spiro atoms. The Kier molecular flexibility index (Phi) is 2.82. The van der Waals surface area contributed by atoms with Gasteiger partial charge in [0.2, 0.25) is 0 Å². The molecule has 3 N–H and O–H groups in total. The summed E-state index contributed by atoms with van der Waals surface area (Å²) in [6.45, 7) is 4.05. The second kappa shape index (κ2) is 4.33. The Morgan fingerprint density at radius 2 is 2.29 bits per heavy atom. The maximum Gasteiger partial charge on any atom is 0.498 e. The standard InChI is InChI=1S/C12H16BNO3/c1-2-8-3-4-9-12-11(8)10(7-14)17-13(12)16-6-5-15-9/h3-4,10H,2,5-7,14H2,1H3/p+1/t10-/m1/s1. The van der Waals surface area contributed by atoms with Gasteiger partial charge in [-0.15, -0.1) is 0 Å². The highest BCUT2D eigenvalue weighted by molar-refractivity contribution is 6.64. The van der Waals surface area contributed by atoms with Crippen molar-refractivity contribution in [2.24, 2.45) is 0 Å². The molecule has 0 saturated heterocycles. The van der Waals surface area contributed by atoms with Gasteiger partial charge in [-0.1, -0.05) is 13.0 Å². The maximum absolute atomic E-state index is 5.92. The van der Waals surface area contributed by atoms with Gasteiger partial charge >= 0.3 is 7.12 Å². The zero-order valence-corrected chi connectivity index (χ0v) is 10.1. The molecule has 0 radical (unpaired) electrons. The van der Waals surface area contributed by atoms with Crippen molar-refractivity contribution in [2.75, 3.05) is 19.8 Å². The van der Waals surface area contributed by atoms with Crippen LogP contribution in [-0.4, -0.2) is 26.9 Å². The maximum atomic E-state index is 5.92. The summed E-state index contributed by atoms with van der Waals surface area (Å²) in [6, 6.07) is 4.17. The van der Waals surface area contributed by atoms with Gasteiger partial charge in [0.25, 0.3) is 0 Å². The molecule has 17 heavy (non-hydrogen) atoms. The molecule has 0 aliphatic carbocycles. The van der Waals surface area contributed by atoms with Crippen molar-refractivity contribution in [1.29, 1.82) is 0 Å². The normalized spacial score (nSPS) is 22.0. The molecule has 0 unspecified atom stereocenters. The smallest absolute Gasteiger partial charge is 0.492 e. The lowest BCUT2D eigenvalue weighted by Crippen LogP contribution is -2.53. The van der Waals surface area contributed by atoms with E-state index < -0.39 is 0 Å². The van der Waals surface area contributed by atoms with Crippen molar-refractivity contribution in [1.82, 2.24) is 0 Å². The topological polar surface area (TPSA) is 55.3 Å². The minimum absolute atomic E-state index is 0.0478. The molecule has 0 bridgehead atoms. The molecule has 1 aromatic carbocycles. The summed E-state index contributed by atoms with van der Waals surface area (Å²) in [5, 5.41) is 0. The van der Waals surface area contributed by atoms with E-state index in [1.165, 1.54) is 11.1 Å². The number of ether oxygens (including phenoxy) is 1. The Labute approximate surface area is 101 Å². The molecule has 0 amide bonds. The number of aryl methyl sites for hydroxylation is 1. The number of hydrogen-bond donors (Lipinski definition) is 1. The van der Waals surface area contributed by atoms with Crippen LogP contribution in [0.5, 0.6) is 5.75 Å². The van der Waals surface area contributed by atoms with Gasteiger partial charge in [0, 0.05) is 5.46 Å². The van der Waals surface area contributed by atoms with E-state index in [0.717, 1.165) is 24.2 Å². The molecule has 1 aromatic rings. The fourth-order valence-electron chi connectivity index (χ4n) is 2.65. The molecule has 0 aromatic heterocycles. The van der Waals surface area contributed by atoms with Gasteiger partial charge in [-0.25, -0.2) is 0 Å². The minimum atomic E-state index is -0.263. The van der Waals surface area contributed by atoms with Crippen molar-refractivity contribution in [3.05, 3.63) is 23.3 Å². The van der Waals surface area contributed by atoms with E-state index in [4.69, 9.17) is 14.0 Å². The predicted octanol–water partition coefficient (Wildman–Crippen LogP) is -0.334. The fourth-order valence-corrected chi connectivity index (χ4v) is 2.65. The summed E-state index contributed by atoms with van der Waals surface area (Å²) in [5.74, 6) is 0.913. The van der Waals surface area contributed by atoms with Crippen LogP contribution in [0.25, 0.3) is 0 Å². The van der Waals surface area contributed by atoms with Gasteiger partial charge in [-0.2, -0.15) is 0 Å². The van der Waals surface area contributed by atoms with Crippen LogP contribution in [0.3, 0.4) is 0 Å². The quantitative estimate of drug-likeness (QED) is 0.712. The second-order valence-electron chi connectivity index (χ2n) is 4.37. The molecule has 0 fully saturated rings. The Morgan fingerprint density at radius 3 is 3.06 bits per heavy atom. The summed E-state index contributed by atoms with van der Waals surface area (Å²) in [7, 11) is -0.263. The third-order valence-electron chi connectivity index (χ3n) is 3.44. The number of rotatable bonds is 2. The molecule has 2 aliphatic rings. The Hall–Kier alpha value is -1.04. The number of quaternary nitrogens is 1. The average Bonchev–Trinajstić information content (AvgIpc) is 2.61. The van der Waals surface area contributed by atoms with E-state index in [0.29, 0.717) is 13.2 Å². The first kappa shape index (κ1) is 11.1. The van der Waals surface area contributed by atoms with E-state index in [1.54, 1.807) is 0 Å². The molecule has 2 aliphatic heterocycles. The van der Waals surface area contributed by atoms with Crippen LogP contribution in [0.1, 0.15) is 24.2 Å². The van der Waals surface area contributed by atoms with Crippen molar-refractivity contribution >= 4 is 12.6 Å². The molecule has 5 heteroatoms. The molecular formula is C12H17BNO3+. The summed E-state index contributed by atoms with van der Waals surface area (Å²) >= 11 is 0. The van der Waals surface area contributed by atoms with Gasteiger partial charge in [0.1, 0.15) is 25.0 Å². The molecule has 0 saturated carbocycles. The fraction of sp³-hybridized carbons (Fsp3) is 0.500. The van der Waals surface area contributed by atoms with Crippen LogP contribution >= 0.6 is 0 Å². The zero-order chi connectivity index (χ0) is 11.8. The first-order valence-corrected chi connectivity index (χ1v) is 6.20. The van der Waals surface area contributed by atoms with Crippen LogP contribution in [0, 0.1) is 0 Å². The highest BCUT2D eigenvalue weighted by atomic mass is 16.6. The van der Waals surface area contributed by atoms with Crippen LogP contribution in [0.15, 0.2) is 12.1 Å². The van der Waals surface area contributed by atoms with Crippen LogP contribution in [0.2, 0.25) is 0 Å². The minimum Gasteiger partial charge on any atom is -0.492 e. The molecule has 3 rings (SSSR count). The van der Waals surface area contributed by atoms with Crippen molar-refractivity contribution < 1.29 is 19.8 Å². The summed E-state index contributed by atoms with van der Waals surface area (Å²) in [4.78, 5) is 0. The van der Waals surface area contributed by atoms with E-state index >= 15 is 0 Å². The first-order chi connectivity index (χ1) is 8.35. The molecule has 1 atom stereocenters. The van der Waals surface area contributed by atoms with Gasteiger partial charge in [-0.05, 0) is 23.6 Å². The Morgan fingerprint density at radius 1 is 1.41 bits per heavy atom. The molecular weight excluding hydrogens is 217 g/mol. The van der Waals surface area contributed by atoms with E-state index in [1.807, 2.05) is 6.07 Å². The van der Waals surface area contributed by atoms with Crippen molar-refractivity contribution in [3.63, 3.8) is 0 Å². The second-order valence-corrected chi connectivity index (χ2v) is 4.37. The molecule has 90 valence electrons. The SMILES string of the molecule is CCc1ccc2c3c1[C@@H](C[NH3+])OB3OCCO2. The zero-order valence-electron chi connectivity index (χ0n) is 10.1. The third kappa shape index (κ3) is 1.66. The summed E-state index contributed by atoms with van der Waals surface area (Å²) in [5.41, 5.74) is 7.61. The predicted molar refractivity (Wildman–Crippen MR) is 64.2 cm³/mol. The number of hydrogen-bond acceptors (Lipinski definition) is 3. The lowest BCUT2D eigenvalue weighted by molar-refractivity contribution is -0.383. The van der Waals surface area contributed by atoms with E-state index in [2.05, 4.69) is 18.7 Å².